The molecule has 1 aromatic carbocycles. The van der Waals surface area contributed by atoms with Gasteiger partial charge in [0.15, 0.2) is 5.69 Å². The maximum Gasteiger partial charge on any atom is 0.573 e. The van der Waals surface area contributed by atoms with Gasteiger partial charge in [-0.15, -0.1) is 13.2 Å². The number of hydrogen-bond donors (Lipinski definition) is 1. The summed E-state index contributed by atoms with van der Waals surface area (Å²) in [6, 6.07) is 9.68. The fourth-order valence-electron chi connectivity index (χ4n) is 3.71. The standard InChI is InChI=1S/C22H15ClF3N5O3/c1-11-7-13(34-22(24,25)26)3-4-17(11)30-10-31(18-5-6-19(32)28-12(18)2)21(33)14-8-15(23)16(9-27)29-20(14)30/h3-8H,10H2,1-2H3,(H,28,32). The van der Waals surface area contributed by atoms with E-state index in [9.17, 15) is 28.0 Å². The number of H-pyrrole nitrogens is 1. The minimum atomic E-state index is -4.85. The van der Waals surface area contributed by atoms with Gasteiger partial charge in [0.05, 0.1) is 16.3 Å². The summed E-state index contributed by atoms with van der Waals surface area (Å²) in [5.74, 6) is -0.760. The van der Waals surface area contributed by atoms with Crippen LogP contribution in [0.4, 0.5) is 30.4 Å². The first-order chi connectivity index (χ1) is 16.0. The van der Waals surface area contributed by atoms with Gasteiger partial charge in [0.2, 0.25) is 5.56 Å². The summed E-state index contributed by atoms with van der Waals surface area (Å²) in [4.78, 5) is 34.8. The van der Waals surface area contributed by atoms with E-state index in [0.717, 1.165) is 6.07 Å². The Balaban J connectivity index is 1.88. The van der Waals surface area contributed by atoms with E-state index in [0.29, 0.717) is 22.6 Å². The number of halogens is 4. The molecule has 0 fully saturated rings. The molecule has 34 heavy (non-hydrogen) atoms. The van der Waals surface area contributed by atoms with Crippen molar-refractivity contribution in [3.63, 3.8) is 0 Å². The summed E-state index contributed by atoms with van der Waals surface area (Å²) < 4.78 is 41.9. The first kappa shape index (κ1) is 23.1. The molecule has 1 aliphatic rings. The SMILES string of the molecule is Cc1cc(OC(F)(F)F)ccc1N1CN(c2ccc(=O)[nH]c2C)C(=O)c2cc(Cl)c(C#N)nc21. The number of ether oxygens (including phenoxy) is 1. The van der Waals surface area contributed by atoms with Gasteiger partial charge in [-0.05, 0) is 49.7 Å². The average Bonchev–Trinajstić information content (AvgIpc) is 2.74. The van der Waals surface area contributed by atoms with Crippen LogP contribution in [0.5, 0.6) is 5.75 Å². The van der Waals surface area contributed by atoms with Crippen LogP contribution >= 0.6 is 11.6 Å². The minimum absolute atomic E-state index is 0.0276. The van der Waals surface area contributed by atoms with Gasteiger partial charge in [0.25, 0.3) is 5.91 Å². The van der Waals surface area contributed by atoms with Crippen molar-refractivity contribution in [1.82, 2.24) is 9.97 Å². The second kappa shape index (κ2) is 8.39. The monoisotopic (exact) mass is 489 g/mol. The van der Waals surface area contributed by atoms with Crippen LogP contribution in [0.2, 0.25) is 5.02 Å². The number of alkyl halides is 3. The van der Waals surface area contributed by atoms with Gasteiger partial charge in [0, 0.05) is 17.4 Å². The van der Waals surface area contributed by atoms with Crippen LogP contribution in [-0.4, -0.2) is 28.9 Å². The Kier molecular flexibility index (Phi) is 5.70. The predicted octanol–water partition coefficient (Wildman–Crippen LogP) is 4.57. The van der Waals surface area contributed by atoms with E-state index in [2.05, 4.69) is 14.7 Å². The molecule has 1 amide bonds. The number of pyridine rings is 2. The number of anilines is 3. The number of nitrogens with one attached hydrogen (secondary N) is 1. The Bertz CT molecular complexity index is 1410. The second-order valence-electron chi connectivity index (χ2n) is 7.43. The lowest BCUT2D eigenvalue weighted by Crippen LogP contribution is -2.46. The van der Waals surface area contributed by atoms with E-state index >= 15 is 0 Å². The fraction of sp³-hybridized carbons (Fsp3) is 0.182. The summed E-state index contributed by atoms with van der Waals surface area (Å²) in [5, 5.41) is 9.34. The number of nitrogens with zero attached hydrogens (tertiary/aromatic N) is 4. The van der Waals surface area contributed by atoms with Crippen LogP contribution < -0.4 is 20.1 Å². The van der Waals surface area contributed by atoms with Gasteiger partial charge in [-0.3, -0.25) is 14.5 Å². The third kappa shape index (κ3) is 4.27. The molecule has 3 aromatic rings. The molecule has 0 unspecified atom stereocenters. The molecule has 0 atom stereocenters. The van der Waals surface area contributed by atoms with Gasteiger partial charge in [-0.2, -0.15) is 5.26 Å². The van der Waals surface area contributed by atoms with Crippen LogP contribution in [0.1, 0.15) is 27.3 Å². The maximum absolute atomic E-state index is 13.4. The molecule has 12 heteroatoms. The van der Waals surface area contributed by atoms with Crippen molar-refractivity contribution in [2.75, 3.05) is 16.5 Å². The Morgan fingerprint density at radius 3 is 2.44 bits per heavy atom. The van der Waals surface area contributed by atoms with Crippen LogP contribution in [0, 0.1) is 25.2 Å². The van der Waals surface area contributed by atoms with Gasteiger partial charge in [0.1, 0.15) is 24.3 Å². The van der Waals surface area contributed by atoms with Crippen LogP contribution in [0.25, 0.3) is 0 Å². The van der Waals surface area contributed by atoms with E-state index in [-0.39, 0.29) is 34.3 Å². The Morgan fingerprint density at radius 1 is 1.12 bits per heavy atom. The first-order valence-electron chi connectivity index (χ1n) is 9.75. The van der Waals surface area contributed by atoms with Crippen molar-refractivity contribution in [3.8, 4) is 11.8 Å². The Morgan fingerprint density at radius 2 is 1.82 bits per heavy atom. The normalized spacial score (nSPS) is 13.5. The zero-order valence-corrected chi connectivity index (χ0v) is 18.5. The third-order valence-electron chi connectivity index (χ3n) is 5.15. The van der Waals surface area contributed by atoms with Crippen molar-refractivity contribution in [2.45, 2.75) is 20.2 Å². The van der Waals surface area contributed by atoms with E-state index in [1.165, 1.54) is 35.2 Å². The number of rotatable bonds is 3. The fourth-order valence-corrected chi connectivity index (χ4v) is 3.90. The number of hydrogen-bond acceptors (Lipinski definition) is 6. The van der Waals surface area contributed by atoms with Crippen LogP contribution in [0.15, 0.2) is 41.2 Å². The third-order valence-corrected chi connectivity index (χ3v) is 5.43. The molecule has 0 aliphatic carbocycles. The Hall–Kier alpha value is -4.04. The Labute approximate surface area is 195 Å². The van der Waals surface area contributed by atoms with Crippen molar-refractivity contribution < 1.29 is 22.7 Å². The lowest BCUT2D eigenvalue weighted by molar-refractivity contribution is -0.274. The highest BCUT2D eigenvalue weighted by atomic mass is 35.5. The van der Waals surface area contributed by atoms with Crippen molar-refractivity contribution in [1.29, 1.82) is 5.26 Å². The maximum atomic E-state index is 13.4. The minimum Gasteiger partial charge on any atom is -0.406 e. The number of fused-ring (bicyclic) bond motifs is 1. The highest BCUT2D eigenvalue weighted by Crippen LogP contribution is 2.39. The molecule has 0 radical (unpaired) electrons. The molecule has 1 aliphatic heterocycles. The zero-order chi connectivity index (χ0) is 24.8. The second-order valence-corrected chi connectivity index (χ2v) is 7.84. The van der Waals surface area contributed by atoms with Gasteiger partial charge in [-0.25, -0.2) is 4.98 Å². The van der Waals surface area contributed by atoms with Crippen LogP contribution in [-0.2, 0) is 0 Å². The van der Waals surface area contributed by atoms with Crippen LogP contribution in [0.3, 0.4) is 0 Å². The van der Waals surface area contributed by atoms with Gasteiger partial charge < -0.3 is 14.6 Å². The number of nitriles is 1. The summed E-state index contributed by atoms with van der Waals surface area (Å²) >= 11 is 6.13. The van der Waals surface area contributed by atoms with Crippen molar-refractivity contribution >= 4 is 34.7 Å². The number of carbonyl (C=O) groups excluding carboxylic acids is 1. The topological polar surface area (TPSA) is 102 Å². The highest BCUT2D eigenvalue weighted by molar-refractivity contribution is 6.32. The lowest BCUT2D eigenvalue weighted by Gasteiger charge is -2.38. The summed E-state index contributed by atoms with van der Waals surface area (Å²) in [7, 11) is 0. The molecular formula is C22H15ClF3N5O3. The molecule has 2 aromatic heterocycles. The number of aryl methyl sites for hydroxylation is 2. The predicted molar refractivity (Wildman–Crippen MR) is 117 cm³/mol. The van der Waals surface area contributed by atoms with E-state index in [1.54, 1.807) is 18.7 Å². The largest absolute Gasteiger partial charge is 0.573 e. The molecule has 0 saturated heterocycles. The molecule has 4 rings (SSSR count). The average molecular weight is 490 g/mol. The lowest BCUT2D eigenvalue weighted by atomic mass is 10.1. The molecule has 1 N–H and O–H groups in total. The van der Waals surface area contributed by atoms with Crippen molar-refractivity contribution in [3.05, 3.63) is 74.3 Å². The highest BCUT2D eigenvalue weighted by Gasteiger charge is 2.35. The summed E-state index contributed by atoms with van der Waals surface area (Å²) in [6.07, 6.45) is -4.85. The molecule has 174 valence electrons. The molecule has 3 heterocycles. The van der Waals surface area contributed by atoms with E-state index < -0.39 is 18.0 Å². The quantitative estimate of drug-likeness (QED) is 0.578. The smallest absolute Gasteiger partial charge is 0.406 e. The molecule has 8 nitrogen and oxygen atoms in total. The molecular weight excluding hydrogens is 475 g/mol. The number of carbonyl (C=O) groups is 1. The number of benzene rings is 1. The molecule has 0 bridgehead atoms. The number of aromatic amines is 1. The summed E-state index contributed by atoms with van der Waals surface area (Å²) in [6.45, 7) is 3.10. The zero-order valence-electron chi connectivity index (χ0n) is 17.7. The van der Waals surface area contributed by atoms with Gasteiger partial charge in [-0.1, -0.05) is 11.6 Å². The van der Waals surface area contributed by atoms with Crippen molar-refractivity contribution in [2.24, 2.45) is 0 Å². The number of amides is 1. The van der Waals surface area contributed by atoms with Gasteiger partial charge >= 0.3 is 6.36 Å². The molecule has 0 spiro atoms. The van der Waals surface area contributed by atoms with E-state index in [1.807, 2.05) is 6.07 Å². The molecule has 0 saturated carbocycles. The number of aromatic nitrogens is 2. The summed E-state index contributed by atoms with van der Waals surface area (Å²) in [5.41, 5.74) is 1.29. The first-order valence-corrected chi connectivity index (χ1v) is 10.1. The van der Waals surface area contributed by atoms with E-state index in [4.69, 9.17) is 11.6 Å².